The summed E-state index contributed by atoms with van der Waals surface area (Å²) in [5.74, 6) is -1.21. The molecule has 0 aromatic heterocycles. The van der Waals surface area contributed by atoms with Gasteiger partial charge in [-0.15, -0.1) is 0 Å². The number of carboxylic acids is 1. The zero-order valence-electron chi connectivity index (χ0n) is 16.2. The summed E-state index contributed by atoms with van der Waals surface area (Å²) in [5.41, 5.74) is 0.229. The van der Waals surface area contributed by atoms with Gasteiger partial charge < -0.3 is 15.7 Å². The van der Waals surface area contributed by atoms with Crippen LogP contribution in [0.2, 0.25) is 0 Å². The van der Waals surface area contributed by atoms with E-state index in [1.807, 2.05) is 13.8 Å². The van der Waals surface area contributed by atoms with Crippen LogP contribution in [0.4, 0.5) is 5.69 Å². The third-order valence-corrected chi connectivity index (χ3v) is 5.59. The van der Waals surface area contributed by atoms with E-state index in [4.69, 9.17) is 5.11 Å². The fourth-order valence-corrected chi connectivity index (χ4v) is 3.67. The van der Waals surface area contributed by atoms with Crippen molar-refractivity contribution in [3.05, 3.63) is 29.8 Å². The van der Waals surface area contributed by atoms with Crippen molar-refractivity contribution in [2.75, 3.05) is 5.32 Å². The highest BCUT2D eigenvalue weighted by atomic mass is 16.4. The van der Waals surface area contributed by atoms with E-state index >= 15 is 0 Å². The molecule has 0 bridgehead atoms. The van der Waals surface area contributed by atoms with Crippen molar-refractivity contribution in [1.29, 1.82) is 0 Å². The van der Waals surface area contributed by atoms with Gasteiger partial charge >= 0.3 is 5.97 Å². The van der Waals surface area contributed by atoms with E-state index in [9.17, 15) is 14.4 Å². The third kappa shape index (κ3) is 5.81. The first kappa shape index (κ1) is 20.9. The van der Waals surface area contributed by atoms with Crippen LogP contribution in [0, 0.1) is 5.92 Å². The van der Waals surface area contributed by atoms with E-state index in [1.165, 1.54) is 6.42 Å². The minimum atomic E-state index is -0.938. The summed E-state index contributed by atoms with van der Waals surface area (Å²) in [5, 5.41) is 15.0. The summed E-state index contributed by atoms with van der Waals surface area (Å²) in [7, 11) is 0. The normalized spacial score (nSPS) is 15.2. The van der Waals surface area contributed by atoms with E-state index in [0.717, 1.165) is 25.7 Å². The van der Waals surface area contributed by atoms with E-state index in [0.29, 0.717) is 24.1 Å². The molecule has 2 amide bonds. The van der Waals surface area contributed by atoms with E-state index < -0.39 is 11.5 Å². The molecule has 1 aliphatic rings. The Hall–Kier alpha value is -2.37. The summed E-state index contributed by atoms with van der Waals surface area (Å²) in [4.78, 5) is 36.3. The molecule has 0 heterocycles. The maximum Gasteiger partial charge on any atom is 0.305 e. The number of nitrogens with one attached hydrogen (secondary N) is 2. The van der Waals surface area contributed by atoms with Gasteiger partial charge in [0.15, 0.2) is 0 Å². The second-order valence-electron chi connectivity index (χ2n) is 7.42. The predicted molar refractivity (Wildman–Crippen MR) is 105 cm³/mol. The molecule has 1 aromatic rings. The Morgan fingerprint density at radius 1 is 1.11 bits per heavy atom. The molecule has 6 nitrogen and oxygen atoms in total. The van der Waals surface area contributed by atoms with Crippen molar-refractivity contribution in [3.63, 3.8) is 0 Å². The summed E-state index contributed by atoms with van der Waals surface area (Å²) >= 11 is 0. The van der Waals surface area contributed by atoms with Gasteiger partial charge in [0.25, 0.3) is 5.91 Å². The summed E-state index contributed by atoms with van der Waals surface area (Å²) in [6, 6.07) is 6.80. The number of rotatable bonds is 8. The maximum absolute atomic E-state index is 12.7. The first-order chi connectivity index (χ1) is 12.9. The van der Waals surface area contributed by atoms with Gasteiger partial charge in [-0.1, -0.05) is 39.2 Å². The fourth-order valence-electron chi connectivity index (χ4n) is 3.67. The first-order valence-electron chi connectivity index (χ1n) is 9.84. The minimum absolute atomic E-state index is 0.00889. The van der Waals surface area contributed by atoms with E-state index in [1.54, 1.807) is 24.3 Å². The predicted octanol–water partition coefficient (Wildman–Crippen LogP) is 3.97. The Kier molecular flexibility index (Phi) is 7.39. The lowest BCUT2D eigenvalue weighted by atomic mass is 9.88. The van der Waals surface area contributed by atoms with Gasteiger partial charge in [0.05, 0.1) is 12.0 Å². The number of carbonyl (C=O) groups excluding carboxylic acids is 2. The number of benzene rings is 1. The number of amides is 2. The smallest absolute Gasteiger partial charge is 0.305 e. The fraction of sp³-hybridized carbons (Fsp3) is 0.571. The standard InChI is InChI=1S/C21H30N2O4/c1-3-21(4-2,14-18(24)25)23-20(27)16-11-8-12-17(13-16)22-19(26)15-9-6-5-7-10-15/h8,11-13,15H,3-7,9-10,14H2,1-2H3,(H,22,26)(H,23,27)(H,24,25). The minimum Gasteiger partial charge on any atom is -0.481 e. The zero-order chi connectivity index (χ0) is 19.9. The lowest BCUT2D eigenvalue weighted by Gasteiger charge is -2.31. The molecule has 6 heteroatoms. The molecule has 0 spiro atoms. The van der Waals surface area contributed by atoms with Gasteiger partial charge in [0, 0.05) is 17.2 Å². The molecule has 0 saturated heterocycles. The lowest BCUT2D eigenvalue weighted by molar-refractivity contribution is -0.138. The topological polar surface area (TPSA) is 95.5 Å². The van der Waals surface area contributed by atoms with Crippen LogP contribution in [0.15, 0.2) is 24.3 Å². The molecule has 1 saturated carbocycles. The summed E-state index contributed by atoms with van der Waals surface area (Å²) < 4.78 is 0. The molecule has 0 atom stereocenters. The van der Waals surface area contributed by atoms with Gasteiger partial charge in [-0.05, 0) is 43.9 Å². The van der Waals surface area contributed by atoms with Crippen molar-refractivity contribution < 1.29 is 19.5 Å². The number of carbonyl (C=O) groups is 3. The Morgan fingerprint density at radius 2 is 1.78 bits per heavy atom. The molecule has 1 aromatic carbocycles. The Labute approximate surface area is 160 Å². The monoisotopic (exact) mass is 374 g/mol. The largest absolute Gasteiger partial charge is 0.481 e. The van der Waals surface area contributed by atoms with Crippen LogP contribution in [-0.2, 0) is 9.59 Å². The molecule has 27 heavy (non-hydrogen) atoms. The SMILES string of the molecule is CCC(CC)(CC(=O)O)NC(=O)c1cccc(NC(=O)C2CCCCC2)c1. The second-order valence-corrected chi connectivity index (χ2v) is 7.42. The van der Waals surface area contributed by atoms with Crippen LogP contribution in [0.25, 0.3) is 0 Å². The molecule has 0 radical (unpaired) electrons. The summed E-state index contributed by atoms with van der Waals surface area (Å²) in [6.45, 7) is 3.74. The molecule has 1 fully saturated rings. The number of hydrogen-bond donors (Lipinski definition) is 3. The van der Waals surface area contributed by atoms with E-state index in [-0.39, 0.29) is 24.2 Å². The van der Waals surface area contributed by atoms with Crippen LogP contribution in [0.1, 0.15) is 75.6 Å². The molecule has 3 N–H and O–H groups in total. The number of aliphatic carboxylic acids is 1. The van der Waals surface area contributed by atoms with Crippen molar-refractivity contribution in [2.45, 2.75) is 70.8 Å². The van der Waals surface area contributed by atoms with Gasteiger partial charge in [-0.2, -0.15) is 0 Å². The van der Waals surface area contributed by atoms with Crippen LogP contribution in [0.3, 0.4) is 0 Å². The zero-order valence-corrected chi connectivity index (χ0v) is 16.2. The van der Waals surface area contributed by atoms with Crippen molar-refractivity contribution in [2.24, 2.45) is 5.92 Å². The molecule has 1 aliphatic carbocycles. The van der Waals surface area contributed by atoms with Crippen LogP contribution in [-0.4, -0.2) is 28.4 Å². The Bertz CT molecular complexity index is 677. The van der Waals surface area contributed by atoms with Crippen molar-refractivity contribution in [1.82, 2.24) is 5.32 Å². The highest BCUT2D eigenvalue weighted by Crippen LogP contribution is 2.25. The van der Waals surface area contributed by atoms with E-state index in [2.05, 4.69) is 10.6 Å². The number of carboxylic acid groups (broad SMARTS) is 1. The van der Waals surface area contributed by atoms with Crippen molar-refractivity contribution >= 4 is 23.5 Å². The van der Waals surface area contributed by atoms with Gasteiger partial charge in [-0.3, -0.25) is 14.4 Å². The molecule has 2 rings (SSSR count). The first-order valence-corrected chi connectivity index (χ1v) is 9.84. The molecular weight excluding hydrogens is 344 g/mol. The average molecular weight is 374 g/mol. The Morgan fingerprint density at radius 3 is 2.37 bits per heavy atom. The number of anilines is 1. The quantitative estimate of drug-likeness (QED) is 0.641. The van der Waals surface area contributed by atoms with Gasteiger partial charge in [0.2, 0.25) is 5.91 Å². The highest BCUT2D eigenvalue weighted by Gasteiger charge is 2.31. The second kappa shape index (κ2) is 9.53. The molecule has 0 aliphatic heterocycles. The number of hydrogen-bond acceptors (Lipinski definition) is 3. The average Bonchev–Trinajstić information content (AvgIpc) is 2.67. The summed E-state index contributed by atoms with van der Waals surface area (Å²) in [6.07, 6.45) is 6.11. The van der Waals surface area contributed by atoms with Crippen molar-refractivity contribution in [3.8, 4) is 0 Å². The molecular formula is C21H30N2O4. The van der Waals surface area contributed by atoms with Crippen LogP contribution in [0.5, 0.6) is 0 Å². The highest BCUT2D eigenvalue weighted by molar-refractivity contribution is 5.98. The lowest BCUT2D eigenvalue weighted by Crippen LogP contribution is -2.49. The van der Waals surface area contributed by atoms with Gasteiger partial charge in [0.1, 0.15) is 0 Å². The van der Waals surface area contributed by atoms with Crippen LogP contribution >= 0.6 is 0 Å². The Balaban J connectivity index is 2.07. The third-order valence-electron chi connectivity index (χ3n) is 5.59. The molecule has 148 valence electrons. The maximum atomic E-state index is 12.7. The molecule has 0 unspecified atom stereocenters. The van der Waals surface area contributed by atoms with Crippen LogP contribution < -0.4 is 10.6 Å². The van der Waals surface area contributed by atoms with Gasteiger partial charge in [-0.25, -0.2) is 0 Å².